The molecule has 1 aromatic rings. The van der Waals surface area contributed by atoms with Crippen molar-refractivity contribution in [3.63, 3.8) is 0 Å². The third-order valence-corrected chi connectivity index (χ3v) is 5.06. The van der Waals surface area contributed by atoms with Gasteiger partial charge in [0.25, 0.3) is 5.91 Å². The SMILES string of the molecule is CCOC(=O)C1(CCCOC)CNC(=O)CNCCNC(=O)COc2cccc(c2)C1. The van der Waals surface area contributed by atoms with Crippen LogP contribution < -0.4 is 20.7 Å². The zero-order valence-corrected chi connectivity index (χ0v) is 18.3. The number of ether oxygens (including phenoxy) is 3. The average molecular weight is 436 g/mol. The molecule has 1 aromatic carbocycles. The Hall–Kier alpha value is -2.65. The van der Waals surface area contributed by atoms with E-state index in [1.165, 1.54) is 0 Å². The highest BCUT2D eigenvalue weighted by Gasteiger charge is 2.40. The molecular formula is C22H33N3O6. The number of hydrogen-bond donors (Lipinski definition) is 3. The van der Waals surface area contributed by atoms with Crippen molar-refractivity contribution in [2.75, 3.05) is 53.1 Å². The lowest BCUT2D eigenvalue weighted by atomic mass is 9.77. The van der Waals surface area contributed by atoms with Gasteiger partial charge in [0.1, 0.15) is 5.75 Å². The molecule has 1 aliphatic heterocycles. The molecule has 0 saturated carbocycles. The lowest BCUT2D eigenvalue weighted by molar-refractivity contribution is -0.156. The van der Waals surface area contributed by atoms with Crippen LogP contribution in [-0.2, 0) is 30.3 Å². The number of benzene rings is 1. The van der Waals surface area contributed by atoms with Gasteiger partial charge in [-0.1, -0.05) is 12.1 Å². The number of methoxy groups -OCH3 is 1. The van der Waals surface area contributed by atoms with E-state index < -0.39 is 5.41 Å². The molecular weight excluding hydrogens is 402 g/mol. The molecule has 1 heterocycles. The molecule has 31 heavy (non-hydrogen) atoms. The lowest BCUT2D eigenvalue weighted by Crippen LogP contribution is -2.48. The Labute approximate surface area is 183 Å². The molecule has 3 N–H and O–H groups in total. The van der Waals surface area contributed by atoms with Gasteiger partial charge in [0.15, 0.2) is 6.61 Å². The minimum absolute atomic E-state index is 0.0822. The standard InChI is InChI=1S/C22H33N3O6/c1-3-30-21(28)22(8-5-11-29-2)13-17-6-4-7-18(12-17)31-15-20(27)24-10-9-23-14-19(26)25-16-22/h4,6-7,12,23H,3,5,8-11,13-16H2,1-2H3,(H,24,27)(H,25,26). The summed E-state index contributed by atoms with van der Waals surface area (Å²) in [5, 5.41) is 8.58. The monoisotopic (exact) mass is 435 g/mol. The Morgan fingerprint density at radius 2 is 2.03 bits per heavy atom. The quantitative estimate of drug-likeness (QED) is 0.438. The minimum atomic E-state index is -0.947. The van der Waals surface area contributed by atoms with E-state index in [1.807, 2.05) is 18.2 Å². The van der Waals surface area contributed by atoms with Crippen molar-refractivity contribution in [2.24, 2.45) is 5.41 Å². The van der Waals surface area contributed by atoms with Crippen LogP contribution in [0.5, 0.6) is 5.75 Å². The largest absolute Gasteiger partial charge is 0.484 e. The third-order valence-electron chi connectivity index (χ3n) is 5.06. The third kappa shape index (κ3) is 8.18. The second-order valence-electron chi connectivity index (χ2n) is 7.51. The molecule has 1 unspecified atom stereocenters. The predicted molar refractivity (Wildman–Crippen MR) is 115 cm³/mol. The van der Waals surface area contributed by atoms with Crippen molar-refractivity contribution in [3.8, 4) is 5.75 Å². The average Bonchev–Trinajstić information content (AvgIpc) is 2.75. The highest BCUT2D eigenvalue weighted by Crippen LogP contribution is 2.31. The summed E-state index contributed by atoms with van der Waals surface area (Å²) in [4.78, 5) is 37.4. The van der Waals surface area contributed by atoms with Crippen molar-refractivity contribution >= 4 is 17.8 Å². The van der Waals surface area contributed by atoms with Crippen LogP contribution in [0.15, 0.2) is 24.3 Å². The maximum absolute atomic E-state index is 13.1. The first-order valence-corrected chi connectivity index (χ1v) is 10.6. The van der Waals surface area contributed by atoms with Crippen LogP contribution >= 0.6 is 0 Å². The molecule has 0 radical (unpaired) electrons. The summed E-state index contributed by atoms with van der Waals surface area (Å²) >= 11 is 0. The van der Waals surface area contributed by atoms with Gasteiger partial charge in [0.05, 0.1) is 18.6 Å². The molecule has 0 saturated heterocycles. The van der Waals surface area contributed by atoms with Crippen molar-refractivity contribution in [3.05, 3.63) is 29.8 Å². The van der Waals surface area contributed by atoms with Crippen LogP contribution in [0.1, 0.15) is 25.3 Å². The maximum atomic E-state index is 13.1. The van der Waals surface area contributed by atoms with E-state index in [-0.39, 0.29) is 44.1 Å². The van der Waals surface area contributed by atoms with Crippen LogP contribution in [0.25, 0.3) is 0 Å². The van der Waals surface area contributed by atoms with Crippen molar-refractivity contribution in [1.29, 1.82) is 0 Å². The van der Waals surface area contributed by atoms with E-state index >= 15 is 0 Å². The Bertz CT molecular complexity index is 742. The fourth-order valence-electron chi connectivity index (χ4n) is 3.48. The number of carbonyl (C=O) groups excluding carboxylic acids is 3. The van der Waals surface area contributed by atoms with E-state index in [4.69, 9.17) is 14.2 Å². The van der Waals surface area contributed by atoms with E-state index in [0.717, 1.165) is 5.56 Å². The summed E-state index contributed by atoms with van der Waals surface area (Å²) in [6, 6.07) is 7.29. The maximum Gasteiger partial charge on any atom is 0.314 e. The molecule has 0 aliphatic carbocycles. The van der Waals surface area contributed by atoms with Gasteiger partial charge in [0.2, 0.25) is 5.91 Å². The summed E-state index contributed by atoms with van der Waals surface area (Å²) in [6.45, 7) is 3.44. The van der Waals surface area contributed by atoms with E-state index in [0.29, 0.717) is 44.7 Å². The molecule has 0 aromatic heterocycles. The summed E-state index contributed by atoms with van der Waals surface area (Å²) in [7, 11) is 1.61. The Kier molecular flexibility index (Phi) is 10.3. The van der Waals surface area contributed by atoms with Crippen LogP contribution in [0.3, 0.4) is 0 Å². The highest BCUT2D eigenvalue weighted by molar-refractivity contribution is 5.81. The molecule has 9 heteroatoms. The van der Waals surface area contributed by atoms with Gasteiger partial charge in [-0.25, -0.2) is 0 Å². The molecule has 0 spiro atoms. The van der Waals surface area contributed by atoms with Gasteiger partial charge in [-0.3, -0.25) is 14.4 Å². The van der Waals surface area contributed by atoms with Crippen molar-refractivity contribution in [2.45, 2.75) is 26.2 Å². The van der Waals surface area contributed by atoms with Crippen LogP contribution in [0, 0.1) is 5.41 Å². The molecule has 9 nitrogen and oxygen atoms in total. The molecule has 1 aliphatic rings. The zero-order chi connectivity index (χ0) is 22.5. The van der Waals surface area contributed by atoms with Gasteiger partial charge >= 0.3 is 5.97 Å². The molecule has 1 atom stereocenters. The number of hydrogen-bond acceptors (Lipinski definition) is 7. The number of rotatable bonds is 6. The van der Waals surface area contributed by atoms with Crippen LogP contribution in [0.4, 0.5) is 0 Å². The summed E-state index contributed by atoms with van der Waals surface area (Å²) in [6.07, 6.45) is 1.48. The summed E-state index contributed by atoms with van der Waals surface area (Å²) in [5.41, 5.74) is -0.0973. The van der Waals surface area contributed by atoms with E-state index in [2.05, 4.69) is 16.0 Å². The number of fused-ring (bicyclic) bond motifs is 2. The van der Waals surface area contributed by atoms with Crippen molar-refractivity contribution in [1.82, 2.24) is 16.0 Å². The highest BCUT2D eigenvalue weighted by atomic mass is 16.5. The Balaban J connectivity index is 2.34. The van der Waals surface area contributed by atoms with Crippen LogP contribution in [0.2, 0.25) is 0 Å². The predicted octanol–water partition coefficient (Wildman–Crippen LogP) is 0.420. The summed E-state index contributed by atoms with van der Waals surface area (Å²) in [5.74, 6) is -0.289. The van der Waals surface area contributed by atoms with Crippen LogP contribution in [-0.4, -0.2) is 70.9 Å². The van der Waals surface area contributed by atoms with Gasteiger partial charge in [-0.15, -0.1) is 0 Å². The second kappa shape index (κ2) is 12.9. The summed E-state index contributed by atoms with van der Waals surface area (Å²) < 4.78 is 16.2. The minimum Gasteiger partial charge on any atom is -0.484 e. The smallest absolute Gasteiger partial charge is 0.314 e. The first-order chi connectivity index (χ1) is 15.0. The van der Waals surface area contributed by atoms with Gasteiger partial charge in [-0.2, -0.15) is 0 Å². The topological polar surface area (TPSA) is 115 Å². The van der Waals surface area contributed by atoms with E-state index in [1.54, 1.807) is 20.1 Å². The normalized spacial score (nSPS) is 20.8. The van der Waals surface area contributed by atoms with Crippen molar-refractivity contribution < 1.29 is 28.6 Å². The zero-order valence-electron chi connectivity index (χ0n) is 18.3. The molecule has 2 amide bonds. The fourth-order valence-corrected chi connectivity index (χ4v) is 3.48. The first-order valence-electron chi connectivity index (χ1n) is 10.6. The number of amides is 2. The number of carbonyl (C=O) groups is 3. The molecule has 172 valence electrons. The van der Waals surface area contributed by atoms with E-state index in [9.17, 15) is 14.4 Å². The van der Waals surface area contributed by atoms with Gasteiger partial charge in [-0.05, 0) is 43.9 Å². The fraction of sp³-hybridized carbons (Fsp3) is 0.591. The molecule has 2 rings (SSSR count). The molecule has 2 bridgehead atoms. The second-order valence-corrected chi connectivity index (χ2v) is 7.51. The Morgan fingerprint density at radius 3 is 2.81 bits per heavy atom. The van der Waals surface area contributed by atoms with Gasteiger partial charge in [0, 0.05) is 33.4 Å². The van der Waals surface area contributed by atoms with Gasteiger partial charge < -0.3 is 30.2 Å². The Morgan fingerprint density at radius 1 is 1.19 bits per heavy atom. The lowest BCUT2D eigenvalue weighted by Gasteiger charge is -2.32. The molecule has 0 fully saturated rings. The number of esters is 1. The first kappa shape index (κ1) is 24.6. The number of nitrogens with one attached hydrogen (secondary N) is 3.